The average molecular weight is 250 g/mol. The molecule has 0 radical (unpaired) electrons. The van der Waals surface area contributed by atoms with Gasteiger partial charge in [0.05, 0.1) is 0 Å². The highest BCUT2D eigenvalue weighted by molar-refractivity contribution is 7.98. The van der Waals surface area contributed by atoms with E-state index in [2.05, 4.69) is 10.6 Å². The number of hydrogen-bond acceptors (Lipinski definition) is 4. The Hall–Kier alpha value is -0.950. The maximum atomic E-state index is 11.3. The molecule has 94 valence electrons. The number of carbonyl (C=O) groups excluding carboxylic acids is 1. The Bertz CT molecular complexity index is 238. The van der Waals surface area contributed by atoms with Crippen LogP contribution in [0.3, 0.4) is 0 Å². The SMILES string of the molecule is CSCC(C)NC(=O)NC(CCO)C(=O)O. The summed E-state index contributed by atoms with van der Waals surface area (Å²) in [4.78, 5) is 22.0. The second-order valence-corrected chi connectivity index (χ2v) is 4.29. The molecule has 2 amide bonds. The third kappa shape index (κ3) is 6.52. The van der Waals surface area contributed by atoms with Crippen LogP contribution in [0.15, 0.2) is 0 Å². The number of aliphatic hydroxyl groups excluding tert-OH is 1. The summed E-state index contributed by atoms with van der Waals surface area (Å²) < 4.78 is 0. The topological polar surface area (TPSA) is 98.7 Å². The first kappa shape index (κ1) is 15.0. The number of nitrogens with one attached hydrogen (secondary N) is 2. The molecule has 2 atom stereocenters. The number of carbonyl (C=O) groups is 2. The van der Waals surface area contributed by atoms with Crippen LogP contribution in [0.1, 0.15) is 13.3 Å². The molecule has 0 aromatic rings. The molecule has 0 aliphatic carbocycles. The lowest BCUT2D eigenvalue weighted by Gasteiger charge is -2.17. The van der Waals surface area contributed by atoms with Crippen LogP contribution in [-0.2, 0) is 4.79 Å². The Morgan fingerprint density at radius 3 is 2.44 bits per heavy atom. The van der Waals surface area contributed by atoms with Crippen LogP contribution in [-0.4, -0.2) is 52.9 Å². The van der Waals surface area contributed by atoms with Gasteiger partial charge in [0, 0.05) is 24.8 Å². The monoisotopic (exact) mass is 250 g/mol. The van der Waals surface area contributed by atoms with Gasteiger partial charge in [-0.25, -0.2) is 9.59 Å². The Morgan fingerprint density at radius 1 is 1.38 bits per heavy atom. The summed E-state index contributed by atoms with van der Waals surface area (Å²) in [6, 6.07) is -1.60. The van der Waals surface area contributed by atoms with E-state index in [1.165, 1.54) is 0 Å². The fraction of sp³-hybridized carbons (Fsp3) is 0.778. The molecule has 2 unspecified atom stereocenters. The number of carboxylic acids is 1. The highest BCUT2D eigenvalue weighted by atomic mass is 32.2. The van der Waals surface area contributed by atoms with Gasteiger partial charge in [-0.2, -0.15) is 11.8 Å². The lowest BCUT2D eigenvalue weighted by molar-refractivity contribution is -0.139. The molecule has 0 aliphatic rings. The molecule has 16 heavy (non-hydrogen) atoms. The molecular formula is C9H18N2O4S. The van der Waals surface area contributed by atoms with Gasteiger partial charge in [-0.1, -0.05) is 0 Å². The summed E-state index contributed by atoms with van der Waals surface area (Å²) in [5.74, 6) is -0.396. The normalized spacial score (nSPS) is 13.9. The summed E-state index contributed by atoms with van der Waals surface area (Å²) in [6.07, 6.45) is 1.92. The zero-order valence-electron chi connectivity index (χ0n) is 9.40. The number of urea groups is 1. The standard InChI is InChI=1S/C9H18N2O4S/c1-6(5-16-2)10-9(15)11-7(3-4-12)8(13)14/h6-7,12H,3-5H2,1-2H3,(H,13,14)(H2,10,11,15). The highest BCUT2D eigenvalue weighted by Crippen LogP contribution is 1.96. The molecule has 0 aromatic carbocycles. The van der Waals surface area contributed by atoms with Crippen LogP contribution in [0.4, 0.5) is 4.79 Å². The fourth-order valence-electron chi connectivity index (χ4n) is 1.10. The van der Waals surface area contributed by atoms with Crippen LogP contribution >= 0.6 is 11.8 Å². The predicted molar refractivity (Wildman–Crippen MR) is 62.6 cm³/mol. The Balaban J connectivity index is 4.04. The van der Waals surface area contributed by atoms with E-state index in [-0.39, 0.29) is 19.1 Å². The van der Waals surface area contributed by atoms with Crippen LogP contribution in [0.5, 0.6) is 0 Å². The van der Waals surface area contributed by atoms with Gasteiger partial charge in [0.25, 0.3) is 0 Å². The first-order valence-corrected chi connectivity index (χ1v) is 6.30. The third-order valence-corrected chi connectivity index (χ3v) is 2.65. The number of amides is 2. The van der Waals surface area contributed by atoms with E-state index < -0.39 is 18.0 Å². The molecule has 0 aromatic heterocycles. The Kier molecular flexibility index (Phi) is 7.74. The summed E-state index contributed by atoms with van der Waals surface area (Å²) in [5.41, 5.74) is 0. The van der Waals surface area contributed by atoms with Gasteiger partial charge in [0.2, 0.25) is 0 Å². The predicted octanol–water partition coefficient (Wildman–Crippen LogP) is -0.127. The van der Waals surface area contributed by atoms with Gasteiger partial charge in [-0.15, -0.1) is 0 Å². The first-order chi connectivity index (χ1) is 7.51. The number of hydrogen-bond donors (Lipinski definition) is 4. The van der Waals surface area contributed by atoms with E-state index in [1.54, 1.807) is 11.8 Å². The van der Waals surface area contributed by atoms with Crippen LogP contribution in [0.2, 0.25) is 0 Å². The van der Waals surface area contributed by atoms with E-state index >= 15 is 0 Å². The van der Waals surface area contributed by atoms with Crippen molar-refractivity contribution in [1.82, 2.24) is 10.6 Å². The van der Waals surface area contributed by atoms with Gasteiger partial charge >= 0.3 is 12.0 Å². The smallest absolute Gasteiger partial charge is 0.326 e. The maximum Gasteiger partial charge on any atom is 0.326 e. The fourth-order valence-corrected chi connectivity index (χ4v) is 1.69. The second kappa shape index (κ2) is 8.23. The van der Waals surface area contributed by atoms with Gasteiger partial charge < -0.3 is 20.8 Å². The van der Waals surface area contributed by atoms with Crippen molar-refractivity contribution < 1.29 is 19.8 Å². The Labute approximate surface area is 98.8 Å². The molecule has 0 bridgehead atoms. The number of rotatable bonds is 7. The van der Waals surface area contributed by atoms with Crippen molar-refractivity contribution in [2.75, 3.05) is 18.6 Å². The number of thioether (sulfide) groups is 1. The van der Waals surface area contributed by atoms with E-state index in [1.807, 2.05) is 13.2 Å². The number of aliphatic carboxylic acids is 1. The average Bonchev–Trinajstić information content (AvgIpc) is 2.16. The minimum absolute atomic E-state index is 0.000335. The zero-order chi connectivity index (χ0) is 12.6. The minimum Gasteiger partial charge on any atom is -0.480 e. The lowest BCUT2D eigenvalue weighted by atomic mass is 10.2. The molecule has 0 heterocycles. The molecule has 0 rings (SSSR count). The third-order valence-electron chi connectivity index (χ3n) is 1.82. The molecule has 0 saturated carbocycles. The van der Waals surface area contributed by atoms with E-state index in [0.29, 0.717) is 0 Å². The van der Waals surface area contributed by atoms with Crippen molar-refractivity contribution in [1.29, 1.82) is 0 Å². The maximum absolute atomic E-state index is 11.3. The lowest BCUT2D eigenvalue weighted by Crippen LogP contribution is -2.49. The van der Waals surface area contributed by atoms with Crippen molar-refractivity contribution in [2.45, 2.75) is 25.4 Å². The molecule has 0 aliphatic heterocycles. The van der Waals surface area contributed by atoms with Gasteiger partial charge in [0.1, 0.15) is 6.04 Å². The quantitative estimate of drug-likeness (QED) is 0.504. The van der Waals surface area contributed by atoms with Crippen LogP contribution in [0, 0.1) is 0 Å². The summed E-state index contributed by atoms with van der Waals surface area (Å²) in [5, 5.41) is 22.3. The zero-order valence-corrected chi connectivity index (χ0v) is 10.2. The summed E-state index contributed by atoms with van der Waals surface area (Å²) in [7, 11) is 0. The van der Waals surface area contributed by atoms with Crippen molar-refractivity contribution >= 4 is 23.8 Å². The minimum atomic E-state index is -1.15. The van der Waals surface area contributed by atoms with Crippen molar-refractivity contribution in [3.8, 4) is 0 Å². The number of aliphatic hydroxyl groups is 1. The molecule has 6 nitrogen and oxygen atoms in total. The first-order valence-electron chi connectivity index (χ1n) is 4.90. The van der Waals surface area contributed by atoms with Crippen LogP contribution in [0.25, 0.3) is 0 Å². The molecule has 7 heteroatoms. The summed E-state index contributed by atoms with van der Waals surface area (Å²) in [6.45, 7) is 1.55. The van der Waals surface area contributed by atoms with Crippen molar-refractivity contribution in [3.05, 3.63) is 0 Å². The summed E-state index contributed by atoms with van der Waals surface area (Å²) >= 11 is 1.59. The molecule has 4 N–H and O–H groups in total. The van der Waals surface area contributed by atoms with Crippen LogP contribution < -0.4 is 10.6 Å². The molecule has 0 fully saturated rings. The van der Waals surface area contributed by atoms with Crippen molar-refractivity contribution in [3.63, 3.8) is 0 Å². The second-order valence-electron chi connectivity index (χ2n) is 3.38. The van der Waals surface area contributed by atoms with Gasteiger partial charge in [-0.05, 0) is 13.2 Å². The largest absolute Gasteiger partial charge is 0.480 e. The van der Waals surface area contributed by atoms with Gasteiger partial charge in [-0.3, -0.25) is 0 Å². The van der Waals surface area contributed by atoms with Crippen molar-refractivity contribution in [2.24, 2.45) is 0 Å². The molecule has 0 saturated heterocycles. The Morgan fingerprint density at radius 2 is 2.00 bits per heavy atom. The van der Waals surface area contributed by atoms with E-state index in [9.17, 15) is 9.59 Å². The number of carboxylic acid groups (broad SMARTS) is 1. The molecular weight excluding hydrogens is 232 g/mol. The van der Waals surface area contributed by atoms with Gasteiger partial charge in [0.15, 0.2) is 0 Å². The van der Waals surface area contributed by atoms with E-state index in [0.717, 1.165) is 5.75 Å². The van der Waals surface area contributed by atoms with E-state index in [4.69, 9.17) is 10.2 Å². The highest BCUT2D eigenvalue weighted by Gasteiger charge is 2.19. The molecule has 0 spiro atoms.